The minimum Gasteiger partial charge on any atom is -0.459 e. The van der Waals surface area contributed by atoms with E-state index in [-0.39, 0.29) is 18.4 Å². The number of nitrogen functional groups attached to an aromatic ring is 1. The summed E-state index contributed by atoms with van der Waals surface area (Å²) in [4.78, 5) is 7.36. The van der Waals surface area contributed by atoms with Crippen LogP contribution in [0.4, 0.5) is 10.2 Å². The fourth-order valence-corrected chi connectivity index (χ4v) is 1.06. The summed E-state index contributed by atoms with van der Waals surface area (Å²) in [6.07, 6.45) is 6.64. The number of hydrogen-bond acceptors (Lipinski definition) is 4. The van der Waals surface area contributed by atoms with Crippen molar-refractivity contribution in [2.75, 3.05) is 12.3 Å². The maximum Gasteiger partial charge on any atom is 0.318 e. The second-order valence-corrected chi connectivity index (χ2v) is 3.72. The van der Waals surface area contributed by atoms with Crippen molar-refractivity contribution < 1.29 is 9.13 Å². The number of anilines is 1. The lowest BCUT2D eigenvalue weighted by Crippen LogP contribution is -2.05. The highest BCUT2D eigenvalue weighted by Crippen LogP contribution is 2.10. The average Bonchev–Trinajstić information content (AvgIpc) is 2.33. The molecule has 4 nitrogen and oxygen atoms in total. The van der Waals surface area contributed by atoms with E-state index in [0.717, 1.165) is 17.3 Å². The van der Waals surface area contributed by atoms with E-state index in [9.17, 15) is 4.39 Å². The van der Waals surface area contributed by atoms with E-state index in [2.05, 4.69) is 16.5 Å². The van der Waals surface area contributed by atoms with Gasteiger partial charge >= 0.3 is 6.01 Å². The first-order valence-corrected chi connectivity index (χ1v) is 5.42. The first-order chi connectivity index (χ1) is 8.52. The summed E-state index contributed by atoms with van der Waals surface area (Å²) in [5.41, 5.74) is 7.19. The normalized spacial score (nSPS) is 11.8. The molecule has 0 atom stereocenters. The second-order valence-electron chi connectivity index (χ2n) is 3.72. The van der Waals surface area contributed by atoms with Crippen molar-refractivity contribution >= 4 is 5.82 Å². The summed E-state index contributed by atoms with van der Waals surface area (Å²) in [6.45, 7) is 7.83. The molecule has 0 aromatic carbocycles. The number of nitrogens with two attached hydrogens (primary N) is 1. The third-order valence-electron chi connectivity index (χ3n) is 2.07. The van der Waals surface area contributed by atoms with Gasteiger partial charge in [0.1, 0.15) is 6.61 Å². The van der Waals surface area contributed by atoms with Crippen molar-refractivity contribution in [3.05, 3.63) is 48.0 Å². The molecule has 0 unspecified atom stereocenters. The summed E-state index contributed by atoms with van der Waals surface area (Å²) in [7, 11) is 0. The monoisotopic (exact) mass is 249 g/mol. The molecule has 0 aliphatic rings. The average molecular weight is 249 g/mol. The van der Waals surface area contributed by atoms with Gasteiger partial charge in [-0.25, -0.2) is 9.37 Å². The smallest absolute Gasteiger partial charge is 0.318 e. The molecule has 0 spiro atoms. The van der Waals surface area contributed by atoms with Crippen molar-refractivity contribution in [2.45, 2.75) is 13.8 Å². The quantitative estimate of drug-likeness (QED) is 0.815. The van der Waals surface area contributed by atoms with Gasteiger partial charge in [0, 0.05) is 0 Å². The van der Waals surface area contributed by atoms with Crippen molar-refractivity contribution in [1.82, 2.24) is 9.97 Å². The molecule has 1 rings (SSSR count). The highest BCUT2D eigenvalue weighted by molar-refractivity contribution is 5.30. The van der Waals surface area contributed by atoms with Gasteiger partial charge in [-0.05, 0) is 19.4 Å². The summed E-state index contributed by atoms with van der Waals surface area (Å²) in [5, 5.41) is 0. The van der Waals surface area contributed by atoms with Crippen LogP contribution < -0.4 is 10.5 Å². The molecule has 0 bridgehead atoms. The number of ether oxygens (including phenoxy) is 1. The first kappa shape index (κ1) is 13.9. The fraction of sp³-hybridized carbons (Fsp3) is 0.231. The van der Waals surface area contributed by atoms with Crippen LogP contribution in [-0.4, -0.2) is 16.6 Å². The fourth-order valence-electron chi connectivity index (χ4n) is 1.06. The Hall–Kier alpha value is -2.17. The number of halogens is 1. The lowest BCUT2D eigenvalue weighted by Gasteiger charge is -2.05. The molecule has 0 radical (unpaired) electrons. The van der Waals surface area contributed by atoms with E-state index in [1.54, 1.807) is 0 Å². The predicted octanol–water partition coefficient (Wildman–Crippen LogP) is 2.66. The number of aromatic nitrogens is 2. The van der Waals surface area contributed by atoms with Gasteiger partial charge in [0.05, 0.1) is 6.20 Å². The Morgan fingerprint density at radius 2 is 2.28 bits per heavy atom. The van der Waals surface area contributed by atoms with Crippen molar-refractivity contribution in [3.8, 4) is 6.01 Å². The van der Waals surface area contributed by atoms with Crippen LogP contribution in [0, 0.1) is 5.82 Å². The molecule has 2 N–H and O–H groups in total. The Bertz CT molecular complexity index is 495. The van der Waals surface area contributed by atoms with Crippen LogP contribution >= 0.6 is 0 Å². The van der Waals surface area contributed by atoms with E-state index in [1.165, 1.54) is 0 Å². The maximum atomic E-state index is 12.8. The zero-order valence-electron chi connectivity index (χ0n) is 10.5. The van der Waals surface area contributed by atoms with Gasteiger partial charge in [-0.1, -0.05) is 30.4 Å². The SMILES string of the molecule is C=C(C)/C=C\C(=C/C)COc1ncc(F)c(N)n1. The van der Waals surface area contributed by atoms with Gasteiger partial charge < -0.3 is 10.5 Å². The van der Waals surface area contributed by atoms with Crippen molar-refractivity contribution in [2.24, 2.45) is 0 Å². The number of rotatable bonds is 5. The van der Waals surface area contributed by atoms with Gasteiger partial charge in [-0.2, -0.15) is 4.98 Å². The predicted molar refractivity (Wildman–Crippen MR) is 69.6 cm³/mol. The van der Waals surface area contributed by atoms with Crippen LogP contribution in [0.15, 0.2) is 42.2 Å². The Balaban J connectivity index is 2.63. The van der Waals surface area contributed by atoms with Crippen LogP contribution in [0.3, 0.4) is 0 Å². The molecule has 0 fully saturated rings. The molecular weight excluding hydrogens is 233 g/mol. The molecule has 1 aromatic rings. The van der Waals surface area contributed by atoms with Crippen molar-refractivity contribution in [3.63, 3.8) is 0 Å². The van der Waals surface area contributed by atoms with Gasteiger partial charge in [-0.3, -0.25) is 0 Å². The van der Waals surface area contributed by atoms with Crippen LogP contribution in [0.1, 0.15) is 13.8 Å². The molecule has 0 aliphatic heterocycles. The molecule has 5 heteroatoms. The zero-order chi connectivity index (χ0) is 13.5. The molecule has 0 saturated heterocycles. The zero-order valence-corrected chi connectivity index (χ0v) is 10.5. The molecule has 0 aliphatic carbocycles. The number of nitrogens with zero attached hydrogens (tertiary/aromatic N) is 2. The molecule has 96 valence electrons. The summed E-state index contributed by atoms with van der Waals surface area (Å²) in [5.74, 6) is -0.879. The lowest BCUT2D eigenvalue weighted by molar-refractivity contribution is 0.325. The largest absolute Gasteiger partial charge is 0.459 e. The lowest BCUT2D eigenvalue weighted by atomic mass is 10.2. The van der Waals surface area contributed by atoms with Gasteiger partial charge in [0.25, 0.3) is 0 Å². The molecular formula is C13H16FN3O. The van der Waals surface area contributed by atoms with Crippen molar-refractivity contribution in [1.29, 1.82) is 0 Å². The van der Waals surface area contributed by atoms with Gasteiger partial charge in [0.15, 0.2) is 11.6 Å². The third-order valence-corrected chi connectivity index (χ3v) is 2.07. The first-order valence-electron chi connectivity index (χ1n) is 5.42. The molecule has 18 heavy (non-hydrogen) atoms. The Kier molecular flexibility index (Phi) is 5.05. The van der Waals surface area contributed by atoms with Crippen LogP contribution in [0.2, 0.25) is 0 Å². The highest BCUT2D eigenvalue weighted by atomic mass is 19.1. The van der Waals surface area contributed by atoms with Crippen LogP contribution in [0.25, 0.3) is 0 Å². The minimum atomic E-state index is -0.657. The third kappa shape index (κ3) is 4.37. The molecule has 1 aromatic heterocycles. The summed E-state index contributed by atoms with van der Waals surface area (Å²) < 4.78 is 18.1. The van der Waals surface area contributed by atoms with Gasteiger partial charge in [-0.15, -0.1) is 0 Å². The van der Waals surface area contributed by atoms with Crippen LogP contribution in [-0.2, 0) is 0 Å². The molecule has 1 heterocycles. The number of hydrogen-bond donors (Lipinski definition) is 1. The van der Waals surface area contributed by atoms with E-state index >= 15 is 0 Å². The topological polar surface area (TPSA) is 61.0 Å². The standard InChI is InChI=1S/C13H16FN3O/c1-4-10(6-5-9(2)3)8-18-13-16-7-11(14)12(15)17-13/h4-7H,2,8H2,1,3H3,(H2,15,16,17)/b6-5-,10-4+. The highest BCUT2D eigenvalue weighted by Gasteiger charge is 2.04. The molecule has 0 amide bonds. The Morgan fingerprint density at radius 1 is 1.56 bits per heavy atom. The second kappa shape index (κ2) is 6.54. The van der Waals surface area contributed by atoms with E-state index in [1.807, 2.05) is 32.1 Å². The van der Waals surface area contributed by atoms with Crippen LogP contribution in [0.5, 0.6) is 6.01 Å². The van der Waals surface area contributed by atoms with E-state index < -0.39 is 5.82 Å². The molecule has 0 saturated carbocycles. The van der Waals surface area contributed by atoms with E-state index in [4.69, 9.17) is 10.5 Å². The number of allylic oxidation sites excluding steroid dienone is 3. The maximum absolute atomic E-state index is 12.8. The summed E-state index contributed by atoms with van der Waals surface area (Å²) >= 11 is 0. The minimum absolute atomic E-state index is 0.0528. The van der Waals surface area contributed by atoms with Gasteiger partial charge in [0.2, 0.25) is 0 Å². The Labute approximate surface area is 106 Å². The van der Waals surface area contributed by atoms with E-state index in [0.29, 0.717) is 0 Å². The summed E-state index contributed by atoms with van der Waals surface area (Å²) in [6, 6.07) is 0.0528. The Morgan fingerprint density at radius 3 is 2.83 bits per heavy atom.